The topological polar surface area (TPSA) is 43.6 Å². The smallest absolute Gasteiger partial charge is 0.164 e. The molecule has 0 aliphatic heterocycles. The first-order chi connectivity index (χ1) is 28.0. The van der Waals surface area contributed by atoms with Crippen LogP contribution in [0.25, 0.3) is 83.9 Å². The van der Waals surface area contributed by atoms with Crippen LogP contribution in [0.15, 0.2) is 170 Å². The molecule has 0 radical (unpaired) electrons. The minimum atomic E-state index is -0.228. The minimum absolute atomic E-state index is 0.0281. The Labute approximate surface area is 311 Å². The van der Waals surface area contributed by atoms with Crippen molar-refractivity contribution in [1.29, 1.82) is 0 Å². The van der Waals surface area contributed by atoms with E-state index < -0.39 is 0 Å². The van der Waals surface area contributed by atoms with E-state index in [0.29, 0.717) is 28.7 Å². The molecule has 4 heteroatoms. The molecule has 0 unspecified atom stereocenters. The van der Waals surface area contributed by atoms with E-state index >= 15 is 0 Å². The zero-order chi connectivity index (χ0) is 40.0. The van der Waals surface area contributed by atoms with Crippen LogP contribution in [0.4, 0.5) is 0 Å². The highest BCUT2D eigenvalue weighted by molar-refractivity contribution is 6.09. The zero-order valence-corrected chi connectivity index (χ0v) is 28.5. The molecule has 0 amide bonds. The predicted molar refractivity (Wildman–Crippen MR) is 213 cm³/mol. The van der Waals surface area contributed by atoms with Gasteiger partial charge in [0.2, 0.25) is 0 Å². The second kappa shape index (κ2) is 11.7. The number of hydrogen-bond donors (Lipinski definition) is 0. The Balaban J connectivity index is 1.26. The van der Waals surface area contributed by atoms with Crippen LogP contribution in [0, 0.1) is 0 Å². The lowest BCUT2D eigenvalue weighted by Gasteiger charge is -2.21. The van der Waals surface area contributed by atoms with Gasteiger partial charge in [-0.3, -0.25) is 0 Å². The van der Waals surface area contributed by atoms with Crippen LogP contribution in [0.5, 0.6) is 0 Å². The van der Waals surface area contributed by atoms with Gasteiger partial charge in [0.1, 0.15) is 0 Å². The molecule has 0 atom stereocenters. The summed E-state index contributed by atoms with van der Waals surface area (Å²) in [6, 6.07) is 42.4. The zero-order valence-electron chi connectivity index (χ0n) is 34.5. The first-order valence-corrected chi connectivity index (χ1v) is 17.3. The number of rotatable bonds is 5. The van der Waals surface area contributed by atoms with Gasteiger partial charge in [0, 0.05) is 38.6 Å². The summed E-state index contributed by atoms with van der Waals surface area (Å²) in [5, 5.41) is 0.393. The number of fused-ring (bicyclic) bond motifs is 6. The molecule has 0 spiro atoms. The molecule has 2 aromatic heterocycles. The van der Waals surface area contributed by atoms with Crippen LogP contribution in [-0.4, -0.2) is 19.5 Å². The summed E-state index contributed by atoms with van der Waals surface area (Å²) in [6.07, 6.45) is 0. The van der Waals surface area contributed by atoms with Crippen molar-refractivity contribution in [2.24, 2.45) is 0 Å². The van der Waals surface area contributed by atoms with Crippen molar-refractivity contribution in [2.45, 2.75) is 19.3 Å². The first kappa shape index (κ1) is 24.5. The highest BCUT2D eigenvalue weighted by Crippen LogP contribution is 2.49. The molecule has 2 heterocycles. The number of aromatic nitrogens is 4. The molecule has 10 rings (SSSR count). The largest absolute Gasteiger partial charge is 0.309 e. The van der Waals surface area contributed by atoms with Gasteiger partial charge < -0.3 is 4.57 Å². The van der Waals surface area contributed by atoms with Crippen molar-refractivity contribution in [3.05, 3.63) is 181 Å². The Hall–Kier alpha value is -6.65. The SMILES string of the molecule is [2H]c1cc([2H])c2c(c1[2H])c1c([2H])c([2H])cc([2H])c1n2-c1cc(-c2ccccc2)cc(-c2nc(-c3ccccc3)nc(-c3ccc4c(c3)C(C)(C)c3ccccc3-4)n2)c1. The molecular weight excluding hydrogens is 633 g/mol. The second-order valence-corrected chi connectivity index (χ2v) is 13.6. The van der Waals surface area contributed by atoms with E-state index in [1.165, 1.54) is 34.4 Å². The fraction of sp³-hybridized carbons (Fsp3) is 0.0625. The van der Waals surface area contributed by atoms with Gasteiger partial charge in [0.05, 0.1) is 19.3 Å². The summed E-state index contributed by atoms with van der Waals surface area (Å²) in [5.74, 6) is 1.42. The van der Waals surface area contributed by atoms with E-state index in [4.69, 9.17) is 23.2 Å². The van der Waals surface area contributed by atoms with Gasteiger partial charge in [-0.15, -0.1) is 0 Å². The third kappa shape index (κ3) is 4.79. The quantitative estimate of drug-likeness (QED) is 0.183. The maximum Gasteiger partial charge on any atom is 0.164 e. The number of hydrogen-bond acceptors (Lipinski definition) is 3. The van der Waals surface area contributed by atoms with Crippen LogP contribution in [-0.2, 0) is 5.41 Å². The van der Waals surface area contributed by atoms with Gasteiger partial charge >= 0.3 is 0 Å². The van der Waals surface area contributed by atoms with Gasteiger partial charge in [0.15, 0.2) is 17.5 Å². The van der Waals surface area contributed by atoms with Gasteiger partial charge in [-0.2, -0.15) is 0 Å². The molecular formula is C48H34N4. The molecule has 52 heavy (non-hydrogen) atoms. The molecule has 1 aliphatic rings. The van der Waals surface area contributed by atoms with Crippen molar-refractivity contribution in [3.63, 3.8) is 0 Å². The number of benzene rings is 7. The van der Waals surface area contributed by atoms with Gasteiger partial charge in [-0.05, 0) is 69.7 Å². The standard InChI is InChI=1S/C48H34N4/c1-48(2)41-22-12-9-19-37(41)38-26-25-33(30-42(38)48)46-49-45(32-17-7-4-8-18-32)50-47(51-46)35-27-34(31-15-5-3-6-16-31)28-36(29-35)52-43-23-13-10-20-39(43)40-21-11-14-24-44(40)52/h3-30H,1-2H3/i10D,11D,20D,21D,23D,24D. The Morgan fingerprint density at radius 1 is 0.462 bits per heavy atom. The fourth-order valence-electron chi connectivity index (χ4n) is 7.63. The van der Waals surface area contributed by atoms with Crippen molar-refractivity contribution in [1.82, 2.24) is 19.5 Å². The monoisotopic (exact) mass is 672 g/mol. The Morgan fingerprint density at radius 3 is 1.71 bits per heavy atom. The van der Waals surface area contributed by atoms with E-state index in [0.717, 1.165) is 22.3 Å². The molecule has 0 fully saturated rings. The highest BCUT2D eigenvalue weighted by Gasteiger charge is 2.35. The summed E-state index contributed by atoms with van der Waals surface area (Å²) in [6.45, 7) is 4.49. The second-order valence-electron chi connectivity index (χ2n) is 13.6. The molecule has 0 bridgehead atoms. The highest BCUT2D eigenvalue weighted by atomic mass is 15.0. The fourth-order valence-corrected chi connectivity index (χ4v) is 7.63. The van der Waals surface area contributed by atoms with Crippen molar-refractivity contribution in [2.75, 3.05) is 0 Å². The van der Waals surface area contributed by atoms with E-state index in [9.17, 15) is 0 Å². The van der Waals surface area contributed by atoms with Gasteiger partial charge in [-0.1, -0.05) is 147 Å². The van der Waals surface area contributed by atoms with Crippen molar-refractivity contribution in [3.8, 4) is 62.1 Å². The minimum Gasteiger partial charge on any atom is -0.309 e. The maximum atomic E-state index is 9.10. The lowest BCUT2D eigenvalue weighted by atomic mass is 9.82. The lowest BCUT2D eigenvalue weighted by molar-refractivity contribution is 0.660. The summed E-state index contributed by atoms with van der Waals surface area (Å²) in [4.78, 5) is 15.3. The molecule has 9 aromatic rings. The normalized spacial score (nSPS) is 14.6. The molecule has 7 aromatic carbocycles. The van der Waals surface area contributed by atoms with Crippen LogP contribution in [0.2, 0.25) is 0 Å². The summed E-state index contributed by atoms with van der Waals surface area (Å²) in [7, 11) is 0. The van der Waals surface area contributed by atoms with Crippen molar-refractivity contribution < 1.29 is 8.22 Å². The lowest BCUT2D eigenvalue weighted by Crippen LogP contribution is -2.15. The summed E-state index contributed by atoms with van der Waals surface area (Å²) in [5.41, 5.74) is 9.81. The Morgan fingerprint density at radius 2 is 1.02 bits per heavy atom. The molecule has 4 nitrogen and oxygen atoms in total. The van der Waals surface area contributed by atoms with Gasteiger partial charge in [0.25, 0.3) is 0 Å². The Bertz CT molecular complexity index is 3090. The third-order valence-corrected chi connectivity index (χ3v) is 10.2. The average molecular weight is 673 g/mol. The number of nitrogens with zero attached hydrogens (tertiary/aromatic N) is 4. The summed E-state index contributed by atoms with van der Waals surface area (Å²) < 4.78 is 54.8. The predicted octanol–water partition coefficient (Wildman–Crippen LogP) is 11.9. The molecule has 246 valence electrons. The molecule has 1 aliphatic carbocycles. The van der Waals surface area contributed by atoms with E-state index in [-0.39, 0.29) is 63.5 Å². The number of para-hydroxylation sites is 2. The summed E-state index contributed by atoms with van der Waals surface area (Å²) >= 11 is 0. The maximum absolute atomic E-state index is 9.10. The first-order valence-electron chi connectivity index (χ1n) is 20.3. The molecule has 0 saturated carbocycles. The van der Waals surface area contributed by atoms with Gasteiger partial charge in [-0.25, -0.2) is 15.0 Å². The van der Waals surface area contributed by atoms with Crippen LogP contribution in [0.3, 0.4) is 0 Å². The van der Waals surface area contributed by atoms with E-state index in [1.807, 2.05) is 78.9 Å². The Kier molecular flexibility index (Phi) is 5.52. The van der Waals surface area contributed by atoms with E-state index in [2.05, 4.69) is 56.3 Å². The van der Waals surface area contributed by atoms with E-state index in [1.54, 1.807) is 4.57 Å². The van der Waals surface area contributed by atoms with Crippen molar-refractivity contribution >= 4 is 21.8 Å². The molecule has 0 N–H and O–H groups in total. The third-order valence-electron chi connectivity index (χ3n) is 10.2. The molecule has 0 saturated heterocycles. The van der Waals surface area contributed by atoms with Crippen LogP contribution in [0.1, 0.15) is 33.2 Å². The van der Waals surface area contributed by atoms with Crippen LogP contribution >= 0.6 is 0 Å². The average Bonchev–Trinajstić information content (AvgIpc) is 3.73. The van der Waals surface area contributed by atoms with Crippen LogP contribution < -0.4 is 0 Å².